The Labute approximate surface area is 218 Å². The molecule has 0 unspecified atom stereocenters. The van der Waals surface area contributed by atoms with E-state index >= 15 is 0 Å². The lowest BCUT2D eigenvalue weighted by atomic mass is 9.93. The van der Waals surface area contributed by atoms with Gasteiger partial charge in [0.15, 0.2) is 0 Å². The molecule has 2 aromatic carbocycles. The molecule has 0 saturated carbocycles. The number of rotatable bonds is 10. The third-order valence-electron chi connectivity index (χ3n) is 6.81. The third-order valence-corrected chi connectivity index (χ3v) is 7.05. The highest BCUT2D eigenvalue weighted by atomic mass is 35.5. The highest BCUT2D eigenvalue weighted by molar-refractivity contribution is 6.30. The molecule has 7 heteroatoms. The summed E-state index contributed by atoms with van der Waals surface area (Å²) < 4.78 is 21.6. The van der Waals surface area contributed by atoms with Crippen LogP contribution in [0.25, 0.3) is 11.0 Å². The number of hydrogen-bond donors (Lipinski definition) is 0. The Hall–Kier alpha value is -2.80. The van der Waals surface area contributed by atoms with Gasteiger partial charge in [-0.2, -0.15) is 0 Å². The fourth-order valence-corrected chi connectivity index (χ4v) is 4.95. The normalized spacial score (nSPS) is 15.8. The van der Waals surface area contributed by atoms with Crippen molar-refractivity contribution in [2.45, 2.75) is 39.3 Å². The van der Waals surface area contributed by atoms with Gasteiger partial charge in [-0.25, -0.2) is 9.37 Å². The van der Waals surface area contributed by atoms with Crippen LogP contribution < -0.4 is 0 Å². The van der Waals surface area contributed by atoms with Crippen molar-refractivity contribution in [2.75, 3.05) is 26.8 Å². The first-order valence-electron chi connectivity index (χ1n) is 12.4. The molecule has 190 valence electrons. The van der Waals surface area contributed by atoms with Gasteiger partial charge in [0.2, 0.25) is 0 Å². The molecule has 0 aliphatic carbocycles. The molecular weight excluding hydrogens is 475 g/mol. The van der Waals surface area contributed by atoms with Crippen LogP contribution in [0.15, 0.2) is 65.3 Å². The van der Waals surface area contributed by atoms with Crippen molar-refractivity contribution in [1.29, 1.82) is 0 Å². The molecule has 0 N–H and O–H groups in total. The number of aryl methyl sites for hydroxylation is 1. The van der Waals surface area contributed by atoms with E-state index in [0.717, 1.165) is 61.6 Å². The molecule has 36 heavy (non-hydrogen) atoms. The predicted molar refractivity (Wildman–Crippen MR) is 146 cm³/mol. The average Bonchev–Trinajstić information content (AvgIpc) is 3.20. The largest absolute Gasteiger partial charge is 0.383 e. The van der Waals surface area contributed by atoms with Gasteiger partial charge in [-0.1, -0.05) is 35.9 Å². The van der Waals surface area contributed by atoms with E-state index in [0.29, 0.717) is 29.5 Å². The Balaban J connectivity index is 1.36. The van der Waals surface area contributed by atoms with Gasteiger partial charge in [-0.05, 0) is 87.5 Å². The minimum absolute atomic E-state index is 0.281. The molecule has 1 aromatic heterocycles. The standard InChI is InChI=1S/C29H34ClFN4O/c1-21-8-11-28-27(18-21)33-29(35(28)16-17-36-3)20-34-14-12-23(13-15-34)26(32-2)7-5-4-6-22-9-10-24(30)19-25(22)31/h4-5,7-11,18-19,23H,2,6,12-17,20H2,1,3H3/b5-4-,26-7-. The predicted octanol–water partition coefficient (Wildman–Crippen LogP) is 6.38. The van der Waals surface area contributed by atoms with Crippen LogP contribution in [-0.2, 0) is 24.2 Å². The van der Waals surface area contributed by atoms with E-state index in [-0.39, 0.29) is 5.82 Å². The molecule has 4 rings (SSSR count). The maximum absolute atomic E-state index is 14.0. The van der Waals surface area contributed by atoms with Gasteiger partial charge < -0.3 is 9.30 Å². The van der Waals surface area contributed by atoms with Crippen LogP contribution in [0, 0.1) is 18.7 Å². The topological polar surface area (TPSA) is 42.7 Å². The first-order chi connectivity index (χ1) is 17.5. The second kappa shape index (κ2) is 12.4. The van der Waals surface area contributed by atoms with E-state index in [1.54, 1.807) is 19.2 Å². The number of halogens is 2. The summed E-state index contributed by atoms with van der Waals surface area (Å²) in [6.45, 7) is 10.1. The van der Waals surface area contributed by atoms with E-state index in [1.165, 1.54) is 11.6 Å². The number of aliphatic imine (C=N–C) groups is 1. The number of nitrogens with zero attached hydrogens (tertiary/aromatic N) is 4. The molecule has 2 heterocycles. The number of hydrogen-bond acceptors (Lipinski definition) is 4. The van der Waals surface area contributed by atoms with Crippen LogP contribution in [0.1, 0.15) is 29.8 Å². The summed E-state index contributed by atoms with van der Waals surface area (Å²) in [4.78, 5) is 11.7. The maximum Gasteiger partial charge on any atom is 0.128 e. The molecule has 0 spiro atoms. The lowest BCUT2D eigenvalue weighted by Gasteiger charge is -2.31. The van der Waals surface area contributed by atoms with Gasteiger partial charge in [0, 0.05) is 30.3 Å². The molecule has 3 aromatic rings. The first-order valence-corrected chi connectivity index (χ1v) is 12.8. The van der Waals surface area contributed by atoms with Crippen molar-refractivity contribution < 1.29 is 9.13 Å². The number of imidazole rings is 1. The van der Waals surface area contributed by atoms with Crippen molar-refractivity contribution in [2.24, 2.45) is 10.9 Å². The summed E-state index contributed by atoms with van der Waals surface area (Å²) in [6.07, 6.45) is 8.44. The maximum atomic E-state index is 14.0. The number of aromatic nitrogens is 2. The van der Waals surface area contributed by atoms with Gasteiger partial charge in [0.1, 0.15) is 11.6 Å². The zero-order valence-corrected chi connectivity index (χ0v) is 21.8. The van der Waals surface area contributed by atoms with Crippen LogP contribution in [-0.4, -0.2) is 48.0 Å². The Morgan fingerprint density at radius 3 is 2.78 bits per heavy atom. The lowest BCUT2D eigenvalue weighted by molar-refractivity contribution is 0.174. The van der Waals surface area contributed by atoms with E-state index in [9.17, 15) is 4.39 Å². The highest BCUT2D eigenvalue weighted by Gasteiger charge is 2.23. The van der Waals surface area contributed by atoms with Crippen molar-refractivity contribution in [3.8, 4) is 0 Å². The van der Waals surface area contributed by atoms with E-state index in [4.69, 9.17) is 21.3 Å². The fourth-order valence-electron chi connectivity index (χ4n) is 4.80. The highest BCUT2D eigenvalue weighted by Crippen LogP contribution is 2.27. The van der Waals surface area contributed by atoms with Gasteiger partial charge >= 0.3 is 0 Å². The van der Waals surface area contributed by atoms with Crippen molar-refractivity contribution in [3.63, 3.8) is 0 Å². The zero-order chi connectivity index (χ0) is 25.5. The van der Waals surface area contributed by atoms with Gasteiger partial charge in [0.25, 0.3) is 0 Å². The number of benzene rings is 2. The van der Waals surface area contributed by atoms with Crippen molar-refractivity contribution in [1.82, 2.24) is 14.5 Å². The fraction of sp³-hybridized carbons (Fsp3) is 0.379. The number of methoxy groups -OCH3 is 1. The minimum Gasteiger partial charge on any atom is -0.383 e. The average molecular weight is 509 g/mol. The first kappa shape index (κ1) is 26.3. The summed E-state index contributed by atoms with van der Waals surface area (Å²) in [5, 5.41) is 0.409. The van der Waals surface area contributed by atoms with Gasteiger partial charge in [-0.3, -0.25) is 9.89 Å². The molecule has 0 amide bonds. The third kappa shape index (κ3) is 6.49. The number of piperidine rings is 1. The molecule has 0 radical (unpaired) electrons. The zero-order valence-electron chi connectivity index (χ0n) is 21.1. The van der Waals surface area contributed by atoms with Crippen molar-refractivity contribution >= 4 is 29.4 Å². The number of likely N-dealkylation sites (tertiary alicyclic amines) is 1. The summed E-state index contributed by atoms with van der Waals surface area (Å²) in [5.74, 6) is 1.17. The number of ether oxygens (including phenoxy) is 1. The van der Waals surface area contributed by atoms with E-state index in [1.807, 2.05) is 18.2 Å². The molecular formula is C29H34ClFN4O. The van der Waals surface area contributed by atoms with Crippen LogP contribution in [0.5, 0.6) is 0 Å². The van der Waals surface area contributed by atoms with Gasteiger partial charge in [-0.15, -0.1) is 0 Å². The van der Waals surface area contributed by atoms with Crippen LogP contribution in [0.2, 0.25) is 5.02 Å². The summed E-state index contributed by atoms with van der Waals surface area (Å²) in [7, 11) is 1.73. The monoisotopic (exact) mass is 508 g/mol. The summed E-state index contributed by atoms with van der Waals surface area (Å²) in [5.41, 5.74) is 5.04. The minimum atomic E-state index is -0.281. The van der Waals surface area contributed by atoms with Crippen LogP contribution >= 0.6 is 11.6 Å². The van der Waals surface area contributed by atoms with Crippen LogP contribution in [0.4, 0.5) is 4.39 Å². The van der Waals surface area contributed by atoms with E-state index in [2.05, 4.69) is 46.3 Å². The second-order valence-electron chi connectivity index (χ2n) is 9.33. The molecule has 0 atom stereocenters. The summed E-state index contributed by atoms with van der Waals surface area (Å²) in [6, 6.07) is 11.2. The van der Waals surface area contributed by atoms with Crippen molar-refractivity contribution in [3.05, 3.63) is 88.1 Å². The van der Waals surface area contributed by atoms with Gasteiger partial charge in [0.05, 0.1) is 24.2 Å². The number of allylic oxidation sites excluding steroid dienone is 4. The quantitative estimate of drug-likeness (QED) is 0.236. The molecule has 1 saturated heterocycles. The Morgan fingerprint density at radius 2 is 2.06 bits per heavy atom. The second-order valence-corrected chi connectivity index (χ2v) is 9.77. The molecule has 1 aliphatic heterocycles. The van der Waals surface area contributed by atoms with E-state index < -0.39 is 0 Å². The summed E-state index contributed by atoms with van der Waals surface area (Å²) >= 11 is 5.83. The Morgan fingerprint density at radius 1 is 1.25 bits per heavy atom. The van der Waals surface area contributed by atoms with Crippen LogP contribution in [0.3, 0.4) is 0 Å². The molecule has 0 bridgehead atoms. The molecule has 1 aliphatic rings. The smallest absolute Gasteiger partial charge is 0.128 e. The Bertz CT molecular complexity index is 1260. The molecule has 1 fully saturated rings. The Kier molecular flexibility index (Phi) is 9.08. The molecule has 5 nitrogen and oxygen atoms in total. The lowest BCUT2D eigenvalue weighted by Crippen LogP contribution is -2.34. The SMILES string of the molecule is C=N/C(=C\C=C/Cc1ccc(Cl)cc1F)C1CCN(Cc2nc3cc(C)ccc3n2CCOC)CC1. The number of fused-ring (bicyclic) bond motifs is 1.